The van der Waals surface area contributed by atoms with E-state index in [1.807, 2.05) is 23.2 Å². The molecule has 2 saturated heterocycles. The van der Waals surface area contributed by atoms with E-state index in [0.717, 1.165) is 44.5 Å². The third-order valence-electron chi connectivity index (χ3n) is 5.48. The average molecular weight is 343 g/mol. The summed E-state index contributed by atoms with van der Waals surface area (Å²) in [6.07, 6.45) is 8.46. The second-order valence-electron chi connectivity index (χ2n) is 7.41. The second kappa shape index (κ2) is 7.12. The third-order valence-corrected chi connectivity index (χ3v) is 5.48. The maximum absolute atomic E-state index is 12.5. The standard InChI is InChI=1S/C19H25N3O3/c23-17(6-3-13-7-9-25-12-13)21-16-10-18(24)22(15-4-5-15)19(16)14-2-1-8-20-11-14/h1-2,8,11,13,15-16,19H,3-7,9-10,12H2,(H,21,23)/t13-,16-,19+/m1/s1. The number of aromatic nitrogens is 1. The van der Waals surface area contributed by atoms with Gasteiger partial charge in [-0.3, -0.25) is 14.6 Å². The van der Waals surface area contributed by atoms with E-state index in [4.69, 9.17) is 4.74 Å². The minimum absolute atomic E-state index is 0.0382. The molecule has 2 aliphatic heterocycles. The van der Waals surface area contributed by atoms with Crippen molar-refractivity contribution in [2.24, 2.45) is 5.92 Å². The Hall–Kier alpha value is -1.95. The summed E-state index contributed by atoms with van der Waals surface area (Å²) < 4.78 is 5.37. The Kier molecular flexibility index (Phi) is 4.70. The number of carbonyl (C=O) groups is 2. The summed E-state index contributed by atoms with van der Waals surface area (Å²) in [4.78, 5) is 31.2. The molecule has 6 nitrogen and oxygen atoms in total. The number of ether oxygens (including phenoxy) is 1. The number of likely N-dealkylation sites (tertiary alicyclic amines) is 1. The minimum atomic E-state index is -0.162. The van der Waals surface area contributed by atoms with Gasteiger partial charge in [0.05, 0.1) is 12.1 Å². The van der Waals surface area contributed by atoms with Gasteiger partial charge in [0.15, 0.2) is 0 Å². The van der Waals surface area contributed by atoms with Crippen LogP contribution in [-0.4, -0.2) is 47.0 Å². The minimum Gasteiger partial charge on any atom is -0.381 e. The molecule has 0 radical (unpaired) electrons. The number of hydrogen-bond acceptors (Lipinski definition) is 4. The van der Waals surface area contributed by atoms with Gasteiger partial charge >= 0.3 is 0 Å². The number of carbonyl (C=O) groups excluding carboxylic acids is 2. The Balaban J connectivity index is 1.43. The van der Waals surface area contributed by atoms with Crippen molar-refractivity contribution in [3.63, 3.8) is 0 Å². The fourth-order valence-corrected chi connectivity index (χ4v) is 4.04. The zero-order valence-electron chi connectivity index (χ0n) is 14.4. The highest BCUT2D eigenvalue weighted by molar-refractivity contribution is 5.83. The zero-order valence-corrected chi connectivity index (χ0v) is 14.4. The summed E-state index contributed by atoms with van der Waals surface area (Å²) in [7, 11) is 0. The topological polar surface area (TPSA) is 71.5 Å². The van der Waals surface area contributed by atoms with Gasteiger partial charge in [-0.1, -0.05) is 6.07 Å². The molecule has 25 heavy (non-hydrogen) atoms. The van der Waals surface area contributed by atoms with Crippen LogP contribution in [0.2, 0.25) is 0 Å². The van der Waals surface area contributed by atoms with Crippen molar-refractivity contribution in [3.05, 3.63) is 30.1 Å². The maximum atomic E-state index is 12.5. The van der Waals surface area contributed by atoms with E-state index >= 15 is 0 Å². The predicted molar refractivity (Wildman–Crippen MR) is 91.6 cm³/mol. The number of nitrogens with zero attached hydrogens (tertiary/aromatic N) is 2. The molecule has 0 spiro atoms. The summed E-state index contributed by atoms with van der Waals surface area (Å²) >= 11 is 0. The molecule has 2 amide bonds. The van der Waals surface area contributed by atoms with E-state index in [0.29, 0.717) is 24.8 Å². The second-order valence-corrected chi connectivity index (χ2v) is 7.41. The lowest BCUT2D eigenvalue weighted by atomic mass is 10.00. The molecule has 134 valence electrons. The molecule has 3 aliphatic rings. The van der Waals surface area contributed by atoms with Crippen LogP contribution in [0.4, 0.5) is 0 Å². The molecular weight excluding hydrogens is 318 g/mol. The zero-order chi connectivity index (χ0) is 17.2. The van der Waals surface area contributed by atoms with E-state index < -0.39 is 0 Å². The Morgan fingerprint density at radius 1 is 1.36 bits per heavy atom. The van der Waals surface area contributed by atoms with Crippen molar-refractivity contribution in [1.29, 1.82) is 0 Å². The normalized spacial score (nSPS) is 29.2. The summed E-state index contributed by atoms with van der Waals surface area (Å²) in [5.41, 5.74) is 1.01. The van der Waals surface area contributed by atoms with Gasteiger partial charge in [0.2, 0.25) is 11.8 Å². The number of pyridine rings is 1. The third kappa shape index (κ3) is 3.68. The van der Waals surface area contributed by atoms with Gasteiger partial charge in [-0.2, -0.15) is 0 Å². The Morgan fingerprint density at radius 2 is 2.24 bits per heavy atom. The van der Waals surface area contributed by atoms with E-state index in [1.165, 1.54) is 0 Å². The summed E-state index contributed by atoms with van der Waals surface area (Å²) in [6, 6.07) is 3.97. The van der Waals surface area contributed by atoms with Crippen molar-refractivity contribution in [3.8, 4) is 0 Å². The monoisotopic (exact) mass is 343 g/mol. The van der Waals surface area contributed by atoms with Crippen LogP contribution in [-0.2, 0) is 14.3 Å². The molecule has 1 aromatic heterocycles. The largest absolute Gasteiger partial charge is 0.381 e. The SMILES string of the molecule is O=C(CC[C@@H]1CCOC1)N[C@@H]1CC(=O)N(C2CC2)[C@H]1c1cccnc1. The Labute approximate surface area is 147 Å². The molecule has 0 unspecified atom stereocenters. The van der Waals surface area contributed by atoms with E-state index in [-0.39, 0.29) is 23.9 Å². The van der Waals surface area contributed by atoms with Gasteiger partial charge in [-0.15, -0.1) is 0 Å². The fraction of sp³-hybridized carbons (Fsp3) is 0.632. The summed E-state index contributed by atoms with van der Waals surface area (Å²) in [5.74, 6) is 0.676. The lowest BCUT2D eigenvalue weighted by molar-refractivity contribution is -0.129. The molecule has 4 rings (SSSR count). The number of rotatable bonds is 6. The number of hydrogen-bond donors (Lipinski definition) is 1. The van der Waals surface area contributed by atoms with Gasteiger partial charge in [-0.05, 0) is 43.2 Å². The van der Waals surface area contributed by atoms with Crippen molar-refractivity contribution < 1.29 is 14.3 Å². The molecular formula is C19H25N3O3. The van der Waals surface area contributed by atoms with Crippen LogP contribution in [0.1, 0.15) is 50.1 Å². The smallest absolute Gasteiger partial charge is 0.225 e. The van der Waals surface area contributed by atoms with Gasteiger partial charge in [0, 0.05) is 44.5 Å². The predicted octanol–water partition coefficient (Wildman–Crippen LogP) is 1.82. The molecule has 3 atom stereocenters. The first-order valence-corrected chi connectivity index (χ1v) is 9.30. The van der Waals surface area contributed by atoms with Gasteiger partial charge in [0.1, 0.15) is 0 Å². The quantitative estimate of drug-likeness (QED) is 0.855. The fourth-order valence-electron chi connectivity index (χ4n) is 4.04. The Bertz CT molecular complexity index is 626. The number of nitrogens with one attached hydrogen (secondary N) is 1. The molecule has 1 N–H and O–H groups in total. The average Bonchev–Trinajstić information content (AvgIpc) is 3.21. The Morgan fingerprint density at radius 3 is 2.92 bits per heavy atom. The summed E-state index contributed by atoms with van der Waals surface area (Å²) in [5, 5.41) is 3.12. The molecule has 3 heterocycles. The van der Waals surface area contributed by atoms with Gasteiger partial charge < -0.3 is 15.0 Å². The van der Waals surface area contributed by atoms with Crippen molar-refractivity contribution >= 4 is 11.8 Å². The molecule has 3 fully saturated rings. The summed E-state index contributed by atoms with van der Waals surface area (Å²) in [6.45, 7) is 1.58. The lowest BCUT2D eigenvalue weighted by Gasteiger charge is -2.29. The van der Waals surface area contributed by atoms with Crippen molar-refractivity contribution in [1.82, 2.24) is 15.2 Å². The van der Waals surface area contributed by atoms with Crippen LogP contribution in [0.3, 0.4) is 0 Å². The van der Waals surface area contributed by atoms with Crippen LogP contribution in [0.15, 0.2) is 24.5 Å². The lowest BCUT2D eigenvalue weighted by Crippen LogP contribution is -2.40. The van der Waals surface area contributed by atoms with E-state index in [2.05, 4.69) is 10.3 Å². The first-order chi connectivity index (χ1) is 12.2. The highest BCUT2D eigenvalue weighted by Gasteiger charge is 2.47. The first kappa shape index (κ1) is 16.5. The van der Waals surface area contributed by atoms with Crippen LogP contribution in [0, 0.1) is 5.92 Å². The van der Waals surface area contributed by atoms with Gasteiger partial charge in [-0.25, -0.2) is 0 Å². The van der Waals surface area contributed by atoms with Crippen molar-refractivity contribution in [2.45, 2.75) is 56.7 Å². The maximum Gasteiger partial charge on any atom is 0.225 e. The van der Waals surface area contributed by atoms with Crippen LogP contribution < -0.4 is 5.32 Å². The molecule has 6 heteroatoms. The van der Waals surface area contributed by atoms with Crippen molar-refractivity contribution in [2.75, 3.05) is 13.2 Å². The van der Waals surface area contributed by atoms with Crippen LogP contribution >= 0.6 is 0 Å². The molecule has 0 aromatic carbocycles. The first-order valence-electron chi connectivity index (χ1n) is 9.30. The molecule has 1 saturated carbocycles. The highest BCUT2D eigenvalue weighted by atomic mass is 16.5. The van der Waals surface area contributed by atoms with Crippen LogP contribution in [0.25, 0.3) is 0 Å². The molecule has 1 aromatic rings. The molecule has 0 bridgehead atoms. The number of amides is 2. The van der Waals surface area contributed by atoms with E-state index in [1.54, 1.807) is 6.20 Å². The molecule has 1 aliphatic carbocycles. The highest BCUT2D eigenvalue weighted by Crippen LogP contribution is 2.41. The van der Waals surface area contributed by atoms with Crippen LogP contribution in [0.5, 0.6) is 0 Å². The van der Waals surface area contributed by atoms with E-state index in [9.17, 15) is 9.59 Å². The van der Waals surface area contributed by atoms with Gasteiger partial charge in [0.25, 0.3) is 0 Å².